The van der Waals surface area contributed by atoms with E-state index < -0.39 is 26.5 Å². The van der Waals surface area contributed by atoms with Crippen LogP contribution in [0.1, 0.15) is 61.4 Å². The number of nitro benzene ring substituents is 1. The topological polar surface area (TPSA) is 164 Å². The summed E-state index contributed by atoms with van der Waals surface area (Å²) in [5.74, 6) is -0.222. The van der Waals surface area contributed by atoms with Gasteiger partial charge < -0.3 is 25.5 Å². The Hall–Kier alpha value is -4.52. The van der Waals surface area contributed by atoms with Gasteiger partial charge in [-0.15, -0.1) is 11.8 Å². The molecule has 3 fully saturated rings. The molecule has 17 heteroatoms. The monoisotopic (exact) mass is 984 g/mol. The second kappa shape index (κ2) is 22.9. The zero-order valence-corrected chi connectivity index (χ0v) is 41.3. The van der Waals surface area contributed by atoms with Crippen LogP contribution in [-0.2, 0) is 10.0 Å². The number of rotatable bonds is 21. The zero-order valence-electron chi connectivity index (χ0n) is 39.0. The van der Waals surface area contributed by atoms with Crippen LogP contribution in [0, 0.1) is 15.5 Å². The van der Waals surface area contributed by atoms with Gasteiger partial charge in [-0.3, -0.25) is 24.7 Å². The van der Waals surface area contributed by atoms with Gasteiger partial charge in [-0.05, 0) is 116 Å². The molecule has 2 atom stereocenters. The van der Waals surface area contributed by atoms with Crippen molar-refractivity contribution in [2.45, 2.75) is 67.3 Å². The number of hydrogen-bond acceptors (Lipinski definition) is 13. The zero-order chi connectivity index (χ0) is 47.7. The molecule has 0 spiro atoms. The summed E-state index contributed by atoms with van der Waals surface area (Å²) >= 11 is 7.92. The van der Waals surface area contributed by atoms with Crippen molar-refractivity contribution in [3.05, 3.63) is 129 Å². The van der Waals surface area contributed by atoms with Crippen molar-refractivity contribution in [3.8, 4) is 0 Å². The number of anilines is 2. The molecule has 0 radical (unpaired) electrons. The maximum atomic E-state index is 13.6. The number of amides is 1. The van der Waals surface area contributed by atoms with Gasteiger partial charge in [0.1, 0.15) is 5.69 Å². The van der Waals surface area contributed by atoms with E-state index in [-0.39, 0.29) is 34.2 Å². The SMILES string of the molecule is CC1(CN2CCNCC2)CCC(c2ccc(Cl)cc2)=C(CN2CCN(c3ccc(C(=O)NS(=O)(=O)c4ccc(NC(CCN(CCO)C5CC5)CSc5ccccc5)c([N+](=O)[O-])c4)cc3)CC2)C1. The largest absolute Gasteiger partial charge is 0.395 e. The molecule has 2 saturated heterocycles. The van der Waals surface area contributed by atoms with Crippen LogP contribution in [0.25, 0.3) is 5.57 Å². The molecule has 0 bridgehead atoms. The van der Waals surface area contributed by atoms with Crippen molar-refractivity contribution in [2.24, 2.45) is 5.41 Å². The minimum absolute atomic E-state index is 0.0551. The Kier molecular flexibility index (Phi) is 16.8. The fourth-order valence-electron chi connectivity index (χ4n) is 9.96. The molecule has 4 aromatic carbocycles. The highest BCUT2D eigenvalue weighted by Crippen LogP contribution is 2.44. The molecule has 4 N–H and O–H groups in total. The second-order valence-corrected chi connectivity index (χ2v) is 22.2. The fraction of sp³-hybridized carbons (Fsp3) is 0.471. The molecule has 2 aliphatic carbocycles. The molecule has 1 saturated carbocycles. The highest BCUT2D eigenvalue weighted by atomic mass is 35.5. The number of benzene rings is 4. The van der Waals surface area contributed by atoms with Crippen molar-refractivity contribution >= 4 is 61.9 Å². The Balaban J connectivity index is 0.881. The van der Waals surface area contributed by atoms with Crippen LogP contribution in [0.3, 0.4) is 0 Å². The number of carbonyl (C=O) groups is 1. The number of aliphatic hydroxyl groups is 1. The lowest BCUT2D eigenvalue weighted by Crippen LogP contribution is -2.49. The van der Waals surface area contributed by atoms with E-state index in [1.54, 1.807) is 23.9 Å². The van der Waals surface area contributed by atoms with Crippen LogP contribution in [0.15, 0.2) is 112 Å². The van der Waals surface area contributed by atoms with Crippen molar-refractivity contribution in [3.63, 3.8) is 0 Å². The number of halogens is 1. The first-order chi connectivity index (χ1) is 32.8. The molecule has 68 heavy (non-hydrogen) atoms. The molecule has 14 nitrogen and oxygen atoms in total. The number of nitro groups is 1. The quantitative estimate of drug-likeness (QED) is 0.0370. The number of allylic oxidation sites excluding steroid dienone is 1. The van der Waals surface area contributed by atoms with E-state index in [0.717, 1.165) is 119 Å². The third kappa shape index (κ3) is 13.4. The molecular formula is C51H65ClN8O6S2. The Morgan fingerprint density at radius 1 is 0.956 bits per heavy atom. The van der Waals surface area contributed by atoms with Gasteiger partial charge >= 0.3 is 0 Å². The number of piperazine rings is 2. The maximum absolute atomic E-state index is 13.6. The summed E-state index contributed by atoms with van der Waals surface area (Å²) in [6, 6.07) is 29.0. The first kappa shape index (κ1) is 49.9. The Bertz CT molecular complexity index is 2480. The summed E-state index contributed by atoms with van der Waals surface area (Å²) in [6.07, 6.45) is 6.10. The summed E-state index contributed by atoms with van der Waals surface area (Å²) in [6.45, 7) is 13.4. The van der Waals surface area contributed by atoms with Crippen LogP contribution >= 0.6 is 23.4 Å². The van der Waals surface area contributed by atoms with Gasteiger partial charge in [0.15, 0.2) is 0 Å². The molecule has 2 aliphatic heterocycles. The summed E-state index contributed by atoms with van der Waals surface area (Å²) in [5.41, 5.74) is 5.32. The predicted molar refractivity (Wildman–Crippen MR) is 273 cm³/mol. The van der Waals surface area contributed by atoms with E-state index in [1.165, 1.54) is 28.8 Å². The molecule has 2 heterocycles. The normalized spacial score (nSPS) is 20.1. The molecular weight excluding hydrogens is 920 g/mol. The molecule has 8 rings (SSSR count). The van der Waals surface area contributed by atoms with Crippen LogP contribution < -0.4 is 20.3 Å². The second-order valence-electron chi connectivity index (χ2n) is 19.0. The maximum Gasteiger partial charge on any atom is 0.293 e. The lowest BCUT2D eigenvalue weighted by molar-refractivity contribution is -0.384. The molecule has 1 amide bonds. The third-order valence-electron chi connectivity index (χ3n) is 13.8. The van der Waals surface area contributed by atoms with Crippen molar-refractivity contribution < 1.29 is 23.2 Å². The number of sulfonamides is 1. The first-order valence-corrected chi connectivity index (χ1v) is 26.8. The Morgan fingerprint density at radius 3 is 2.35 bits per heavy atom. The fourth-order valence-corrected chi connectivity index (χ4v) is 12.1. The third-order valence-corrected chi connectivity index (χ3v) is 16.6. The number of hydrogen-bond donors (Lipinski definition) is 4. The minimum Gasteiger partial charge on any atom is -0.395 e. The lowest BCUT2D eigenvalue weighted by Gasteiger charge is -2.43. The van der Waals surface area contributed by atoms with Crippen LogP contribution in [0.4, 0.5) is 17.1 Å². The van der Waals surface area contributed by atoms with Crippen molar-refractivity contribution in [1.82, 2.24) is 24.7 Å². The van der Waals surface area contributed by atoms with Crippen LogP contribution in [0.5, 0.6) is 0 Å². The highest BCUT2D eigenvalue weighted by Gasteiger charge is 2.35. The average Bonchev–Trinajstić information content (AvgIpc) is 4.19. The van der Waals surface area contributed by atoms with Gasteiger partial charge in [0.25, 0.3) is 21.6 Å². The van der Waals surface area contributed by atoms with E-state index in [0.29, 0.717) is 31.3 Å². The summed E-state index contributed by atoms with van der Waals surface area (Å²) in [5, 5.41) is 29.6. The number of carbonyl (C=O) groups excluding carboxylic acids is 1. The molecule has 364 valence electrons. The van der Waals surface area contributed by atoms with Gasteiger partial charge in [-0.25, -0.2) is 13.1 Å². The summed E-state index contributed by atoms with van der Waals surface area (Å²) in [4.78, 5) is 35.6. The van der Waals surface area contributed by atoms with Crippen LogP contribution in [-0.4, -0.2) is 142 Å². The van der Waals surface area contributed by atoms with E-state index in [9.17, 15) is 28.4 Å². The molecule has 0 aromatic heterocycles. The number of thioether (sulfide) groups is 1. The average molecular weight is 986 g/mol. The number of nitrogens with zero attached hydrogens (tertiary/aromatic N) is 5. The van der Waals surface area contributed by atoms with E-state index in [4.69, 9.17) is 11.6 Å². The van der Waals surface area contributed by atoms with Crippen molar-refractivity contribution in [2.75, 3.05) is 101 Å². The van der Waals surface area contributed by atoms with E-state index >= 15 is 0 Å². The lowest BCUT2D eigenvalue weighted by atomic mass is 9.71. The summed E-state index contributed by atoms with van der Waals surface area (Å²) < 4.78 is 29.3. The highest BCUT2D eigenvalue weighted by molar-refractivity contribution is 7.99. The van der Waals surface area contributed by atoms with Gasteiger partial charge in [-0.2, -0.15) is 0 Å². The Morgan fingerprint density at radius 2 is 1.68 bits per heavy atom. The van der Waals surface area contributed by atoms with Crippen LogP contribution in [0.2, 0.25) is 5.02 Å². The van der Waals surface area contributed by atoms with Crippen molar-refractivity contribution in [1.29, 1.82) is 0 Å². The number of aliphatic hydroxyl groups excluding tert-OH is 1. The van der Waals surface area contributed by atoms with Gasteiger partial charge in [-0.1, -0.05) is 54.4 Å². The molecule has 4 aliphatic rings. The standard InChI is InChI=1S/C51H65ClN8O6S2/c1-51(37-57-25-22-53-23-26-57)21-19-47(38-7-11-41(52)12-8-38)40(34-51)35-56-27-29-59(30-28-56)43-13-9-39(10-14-43)50(62)55-68(65,66)46-17-18-48(49(33-46)60(63)64)54-42(36-67-45-5-3-2-4-6-45)20-24-58(31-32-61)44-15-16-44/h2-14,17-18,33,42,44,53-54,61H,15-16,19-32,34-37H2,1H3,(H,55,62). The molecule has 4 aromatic rings. The summed E-state index contributed by atoms with van der Waals surface area (Å²) in [7, 11) is -4.47. The van der Waals surface area contributed by atoms with Gasteiger partial charge in [0.05, 0.1) is 16.4 Å². The molecule has 2 unspecified atom stereocenters. The van der Waals surface area contributed by atoms with E-state index in [2.05, 4.69) is 54.0 Å². The minimum atomic E-state index is -4.47. The van der Waals surface area contributed by atoms with Gasteiger partial charge in [0.2, 0.25) is 0 Å². The smallest absolute Gasteiger partial charge is 0.293 e. The van der Waals surface area contributed by atoms with Gasteiger partial charge in [0, 0.05) is 124 Å². The predicted octanol–water partition coefficient (Wildman–Crippen LogP) is 7.46. The number of nitrogens with one attached hydrogen (secondary N) is 3. The first-order valence-electron chi connectivity index (χ1n) is 24.0. The van der Waals surface area contributed by atoms with E-state index in [1.807, 2.05) is 54.6 Å². The Labute approximate surface area is 410 Å².